The van der Waals surface area contributed by atoms with E-state index in [1.807, 2.05) is 10.9 Å². The molecule has 1 aliphatic rings. The van der Waals surface area contributed by atoms with Crippen LogP contribution in [0.2, 0.25) is 0 Å². The fourth-order valence-corrected chi connectivity index (χ4v) is 2.33. The molecule has 3 unspecified atom stereocenters. The van der Waals surface area contributed by atoms with Crippen molar-refractivity contribution in [2.45, 2.75) is 43.2 Å². The summed E-state index contributed by atoms with van der Waals surface area (Å²) in [7, 11) is 1.77. The molecule has 1 heterocycles. The van der Waals surface area contributed by atoms with Crippen molar-refractivity contribution >= 4 is 15.9 Å². The van der Waals surface area contributed by atoms with Gasteiger partial charge < -0.3 is 4.74 Å². The number of nitrogens with zero attached hydrogens (tertiary/aromatic N) is 3. The number of halogens is 1. The maximum atomic E-state index is 5.45. The van der Waals surface area contributed by atoms with Crippen LogP contribution in [0, 0.1) is 0 Å². The first-order valence-corrected chi connectivity index (χ1v) is 6.22. The highest BCUT2D eigenvalue weighted by molar-refractivity contribution is 9.09. The Morgan fingerprint density at radius 3 is 3.00 bits per heavy atom. The van der Waals surface area contributed by atoms with E-state index in [2.05, 4.69) is 33.2 Å². The van der Waals surface area contributed by atoms with Crippen molar-refractivity contribution in [2.75, 3.05) is 7.11 Å². The van der Waals surface area contributed by atoms with Gasteiger partial charge in [0, 0.05) is 13.3 Å². The largest absolute Gasteiger partial charge is 0.379 e. The van der Waals surface area contributed by atoms with Crippen molar-refractivity contribution in [1.82, 2.24) is 15.0 Å². The predicted molar refractivity (Wildman–Crippen MR) is 61.0 cm³/mol. The Balaban J connectivity index is 2.14. The third-order valence-electron chi connectivity index (χ3n) is 3.00. The molecule has 0 aliphatic heterocycles. The van der Waals surface area contributed by atoms with Crippen LogP contribution in [0.5, 0.6) is 0 Å². The molecular weight excluding hydrogens is 258 g/mol. The lowest BCUT2D eigenvalue weighted by molar-refractivity contribution is 0.0702. The van der Waals surface area contributed by atoms with Crippen LogP contribution in [0.15, 0.2) is 6.20 Å². The lowest BCUT2D eigenvalue weighted by Crippen LogP contribution is -2.21. The average Bonchev–Trinajstić information content (AvgIpc) is 2.85. The van der Waals surface area contributed by atoms with Crippen LogP contribution in [-0.2, 0) is 4.74 Å². The zero-order valence-corrected chi connectivity index (χ0v) is 10.6. The zero-order valence-electron chi connectivity index (χ0n) is 9.06. The van der Waals surface area contributed by atoms with Crippen LogP contribution < -0.4 is 0 Å². The van der Waals surface area contributed by atoms with Gasteiger partial charge in [-0.05, 0) is 26.2 Å². The normalized spacial score (nSPS) is 28.2. The molecular formula is C10H16BrN3O. The molecule has 0 amide bonds. The second kappa shape index (κ2) is 4.61. The summed E-state index contributed by atoms with van der Waals surface area (Å²) < 4.78 is 7.40. The van der Waals surface area contributed by atoms with E-state index in [1.54, 1.807) is 7.11 Å². The summed E-state index contributed by atoms with van der Waals surface area (Å²) in [5.41, 5.74) is 0.983. The standard InChI is InChI=1S/C10H16BrN3O/c1-7(11)8-6-14(13-12-8)9-4-3-5-10(9)15-2/h6-7,9-10H,3-5H2,1-2H3. The quantitative estimate of drug-likeness (QED) is 0.795. The van der Waals surface area contributed by atoms with Gasteiger partial charge in [-0.25, -0.2) is 4.68 Å². The highest BCUT2D eigenvalue weighted by Gasteiger charge is 2.29. The molecule has 1 fully saturated rings. The van der Waals surface area contributed by atoms with Crippen LogP contribution in [0.4, 0.5) is 0 Å². The van der Waals surface area contributed by atoms with Crippen molar-refractivity contribution in [1.29, 1.82) is 0 Å². The maximum Gasteiger partial charge on any atom is 0.0960 e. The third-order valence-corrected chi connectivity index (χ3v) is 3.46. The lowest BCUT2D eigenvalue weighted by Gasteiger charge is -2.17. The van der Waals surface area contributed by atoms with Gasteiger partial charge in [0.15, 0.2) is 0 Å². The van der Waals surface area contributed by atoms with Crippen molar-refractivity contribution in [3.8, 4) is 0 Å². The Kier molecular flexibility index (Phi) is 3.41. The molecule has 3 atom stereocenters. The van der Waals surface area contributed by atoms with Crippen LogP contribution in [-0.4, -0.2) is 28.2 Å². The van der Waals surface area contributed by atoms with Crippen LogP contribution in [0.25, 0.3) is 0 Å². The number of hydrogen-bond acceptors (Lipinski definition) is 3. The minimum absolute atomic E-state index is 0.258. The Labute approximate surface area is 98.1 Å². The second-order valence-electron chi connectivity index (χ2n) is 4.01. The number of ether oxygens (including phenoxy) is 1. The molecule has 1 aromatic rings. The Morgan fingerprint density at radius 1 is 1.60 bits per heavy atom. The molecule has 1 saturated carbocycles. The highest BCUT2D eigenvalue weighted by Crippen LogP contribution is 2.32. The van der Waals surface area contributed by atoms with Gasteiger partial charge in [-0.15, -0.1) is 5.10 Å². The molecule has 2 rings (SSSR count). The lowest BCUT2D eigenvalue weighted by atomic mass is 10.2. The van der Waals surface area contributed by atoms with Gasteiger partial charge in [0.25, 0.3) is 0 Å². The number of rotatable bonds is 3. The molecule has 1 aromatic heterocycles. The Hall–Kier alpha value is -0.420. The van der Waals surface area contributed by atoms with Crippen LogP contribution in [0.3, 0.4) is 0 Å². The molecule has 5 heteroatoms. The Bertz CT molecular complexity index is 326. The van der Waals surface area contributed by atoms with Gasteiger partial charge in [-0.2, -0.15) is 0 Å². The predicted octanol–water partition coefficient (Wildman–Crippen LogP) is 2.47. The van der Waals surface area contributed by atoms with Crippen LogP contribution in [0.1, 0.15) is 42.7 Å². The molecule has 0 radical (unpaired) electrons. The molecule has 15 heavy (non-hydrogen) atoms. The summed E-state index contributed by atoms with van der Waals surface area (Å²) in [6.07, 6.45) is 5.78. The van der Waals surface area contributed by atoms with E-state index in [0.717, 1.165) is 18.5 Å². The van der Waals surface area contributed by atoms with E-state index in [0.29, 0.717) is 12.1 Å². The molecule has 84 valence electrons. The highest BCUT2D eigenvalue weighted by atomic mass is 79.9. The topological polar surface area (TPSA) is 39.9 Å². The van der Waals surface area contributed by atoms with Gasteiger partial charge in [0.1, 0.15) is 0 Å². The van der Waals surface area contributed by atoms with E-state index in [4.69, 9.17) is 4.74 Å². The first-order chi connectivity index (χ1) is 7.22. The molecule has 0 bridgehead atoms. The van der Waals surface area contributed by atoms with Gasteiger partial charge in [-0.3, -0.25) is 0 Å². The van der Waals surface area contributed by atoms with Crippen molar-refractivity contribution in [2.24, 2.45) is 0 Å². The monoisotopic (exact) mass is 273 g/mol. The van der Waals surface area contributed by atoms with Gasteiger partial charge >= 0.3 is 0 Å². The van der Waals surface area contributed by atoms with E-state index in [-0.39, 0.29) is 4.83 Å². The summed E-state index contributed by atoms with van der Waals surface area (Å²) >= 11 is 3.49. The van der Waals surface area contributed by atoms with E-state index in [1.165, 1.54) is 6.42 Å². The Morgan fingerprint density at radius 2 is 2.40 bits per heavy atom. The first kappa shape index (κ1) is 11.1. The molecule has 0 N–H and O–H groups in total. The minimum Gasteiger partial charge on any atom is -0.379 e. The van der Waals surface area contributed by atoms with Crippen LogP contribution >= 0.6 is 15.9 Å². The smallest absolute Gasteiger partial charge is 0.0960 e. The first-order valence-electron chi connectivity index (χ1n) is 5.31. The number of hydrogen-bond donors (Lipinski definition) is 0. The van der Waals surface area contributed by atoms with E-state index >= 15 is 0 Å². The van der Waals surface area contributed by atoms with Crippen molar-refractivity contribution in [3.05, 3.63) is 11.9 Å². The number of alkyl halides is 1. The summed E-state index contributed by atoms with van der Waals surface area (Å²) in [4.78, 5) is 0.258. The van der Waals surface area contributed by atoms with Gasteiger partial charge in [-0.1, -0.05) is 21.1 Å². The van der Waals surface area contributed by atoms with E-state index in [9.17, 15) is 0 Å². The summed E-state index contributed by atoms with van der Waals surface area (Å²) in [5, 5.41) is 8.31. The van der Waals surface area contributed by atoms with Gasteiger partial charge in [0.2, 0.25) is 0 Å². The maximum absolute atomic E-state index is 5.45. The molecule has 1 aliphatic carbocycles. The molecule has 0 saturated heterocycles. The zero-order chi connectivity index (χ0) is 10.8. The summed E-state index contributed by atoms with van der Waals surface area (Å²) in [5.74, 6) is 0. The van der Waals surface area contributed by atoms with Crippen molar-refractivity contribution in [3.63, 3.8) is 0 Å². The number of methoxy groups -OCH3 is 1. The SMILES string of the molecule is COC1CCCC1n1cc(C(C)Br)nn1. The molecule has 0 aromatic carbocycles. The van der Waals surface area contributed by atoms with E-state index < -0.39 is 0 Å². The minimum atomic E-state index is 0.258. The summed E-state index contributed by atoms with van der Waals surface area (Å²) in [6, 6.07) is 0.363. The van der Waals surface area contributed by atoms with Gasteiger partial charge in [0.05, 0.1) is 22.7 Å². The average molecular weight is 274 g/mol. The third kappa shape index (κ3) is 2.23. The number of aromatic nitrogens is 3. The summed E-state index contributed by atoms with van der Waals surface area (Å²) in [6.45, 7) is 2.05. The fourth-order valence-electron chi connectivity index (χ4n) is 2.12. The fraction of sp³-hybridized carbons (Fsp3) is 0.800. The molecule has 4 nitrogen and oxygen atoms in total. The molecule has 0 spiro atoms. The van der Waals surface area contributed by atoms with Crippen molar-refractivity contribution < 1.29 is 4.74 Å². The second-order valence-corrected chi connectivity index (χ2v) is 5.39.